The van der Waals surface area contributed by atoms with Crippen molar-refractivity contribution in [2.45, 2.75) is 116 Å². The van der Waals surface area contributed by atoms with Crippen molar-refractivity contribution in [2.24, 2.45) is 0 Å². The van der Waals surface area contributed by atoms with Crippen LogP contribution in [-0.4, -0.2) is 37.2 Å². The summed E-state index contributed by atoms with van der Waals surface area (Å²) < 4.78 is 4.94. The molecule has 0 aliphatic heterocycles. The van der Waals surface area contributed by atoms with Gasteiger partial charge in [-0.05, 0) is 38.5 Å². The van der Waals surface area contributed by atoms with Gasteiger partial charge in [-0.15, -0.1) is 0 Å². The Morgan fingerprint density at radius 3 is 1.86 bits per heavy atom. The largest absolute Gasteiger partial charge is 0.392 e. The summed E-state index contributed by atoms with van der Waals surface area (Å²) in [5.41, 5.74) is 0. The first-order chi connectivity index (χ1) is 14.1. The summed E-state index contributed by atoms with van der Waals surface area (Å²) in [6.07, 6.45) is 21.3. The summed E-state index contributed by atoms with van der Waals surface area (Å²) in [7, 11) is 3.15. The lowest BCUT2D eigenvalue weighted by molar-refractivity contribution is -0.183. The predicted molar refractivity (Wildman–Crippen MR) is 119 cm³/mol. The number of esters is 2. The zero-order valence-corrected chi connectivity index (χ0v) is 19.4. The Morgan fingerprint density at radius 2 is 1.34 bits per heavy atom. The molecule has 1 unspecified atom stereocenters. The lowest BCUT2D eigenvalue weighted by Gasteiger charge is -2.22. The van der Waals surface area contributed by atoms with Crippen molar-refractivity contribution < 1.29 is 19.2 Å². The Balaban J connectivity index is 3.55. The van der Waals surface area contributed by atoms with Crippen LogP contribution in [-0.2, 0) is 19.2 Å². The first kappa shape index (κ1) is 27.8. The predicted octanol–water partition coefficient (Wildman–Crippen LogP) is 6.37. The molecule has 0 bridgehead atoms. The number of unbranched alkanes of at least 4 members (excludes halogenated alkanes) is 11. The molecule has 0 aliphatic rings. The summed E-state index contributed by atoms with van der Waals surface area (Å²) in [4.78, 5) is 28.8. The summed E-state index contributed by atoms with van der Waals surface area (Å²) in [6.45, 7) is 4.11. The van der Waals surface area contributed by atoms with Crippen LogP contribution in [0.1, 0.15) is 110 Å². The van der Waals surface area contributed by atoms with Crippen LogP contribution < -0.4 is 0 Å². The van der Waals surface area contributed by atoms with Gasteiger partial charge >= 0.3 is 11.9 Å². The van der Waals surface area contributed by atoms with Crippen LogP contribution in [0.3, 0.4) is 0 Å². The van der Waals surface area contributed by atoms with E-state index in [0.29, 0.717) is 12.8 Å². The first-order valence-electron chi connectivity index (χ1n) is 11.7. The summed E-state index contributed by atoms with van der Waals surface area (Å²) in [5.74, 6) is -0.967. The molecule has 0 amide bonds. The van der Waals surface area contributed by atoms with Crippen LogP contribution in [0.2, 0.25) is 0 Å². The van der Waals surface area contributed by atoms with Crippen LogP contribution in [0.4, 0.5) is 0 Å². The molecule has 5 heteroatoms. The second-order valence-electron chi connectivity index (χ2n) is 7.78. The van der Waals surface area contributed by atoms with Crippen LogP contribution in [0.15, 0.2) is 12.2 Å². The molecular formula is C24H45NO4. The van der Waals surface area contributed by atoms with Gasteiger partial charge in [-0.2, -0.15) is 5.06 Å². The van der Waals surface area contributed by atoms with Crippen LogP contribution >= 0.6 is 0 Å². The average Bonchev–Trinajstić information content (AvgIpc) is 2.71. The van der Waals surface area contributed by atoms with Crippen LogP contribution in [0.5, 0.6) is 0 Å². The topological polar surface area (TPSA) is 55.8 Å². The van der Waals surface area contributed by atoms with Gasteiger partial charge in [0.25, 0.3) is 0 Å². The molecule has 0 heterocycles. The quantitative estimate of drug-likeness (QED) is 0.0813. The van der Waals surface area contributed by atoms with Gasteiger partial charge in [-0.3, -0.25) is 4.79 Å². The fourth-order valence-electron chi connectivity index (χ4n) is 3.27. The summed E-state index contributed by atoms with van der Waals surface area (Å²) >= 11 is 0. The Labute approximate surface area is 179 Å². The highest BCUT2D eigenvalue weighted by atomic mass is 16.7. The van der Waals surface area contributed by atoms with Crippen molar-refractivity contribution in [3.63, 3.8) is 0 Å². The van der Waals surface area contributed by atoms with E-state index in [4.69, 9.17) is 9.57 Å². The zero-order valence-electron chi connectivity index (χ0n) is 19.4. The van der Waals surface area contributed by atoms with E-state index in [-0.39, 0.29) is 0 Å². The average molecular weight is 412 g/mol. The normalized spacial score (nSPS) is 12.6. The number of allylic oxidation sites excluding steroid dienone is 2. The highest BCUT2D eigenvalue weighted by molar-refractivity contribution is 5.88. The third kappa shape index (κ3) is 16.3. The number of hydrogen-bond acceptors (Lipinski definition) is 5. The molecular weight excluding hydrogens is 366 g/mol. The Kier molecular flexibility index (Phi) is 19.3. The Bertz CT molecular complexity index is 437. The van der Waals surface area contributed by atoms with Crippen molar-refractivity contribution in [3.8, 4) is 0 Å². The van der Waals surface area contributed by atoms with Crippen LogP contribution in [0.25, 0.3) is 0 Å². The molecule has 29 heavy (non-hydrogen) atoms. The van der Waals surface area contributed by atoms with Crippen molar-refractivity contribution in [2.75, 3.05) is 14.2 Å². The molecule has 0 rings (SSSR count). The van der Waals surface area contributed by atoms with Gasteiger partial charge in [0.05, 0.1) is 7.11 Å². The number of rotatable bonds is 19. The summed E-state index contributed by atoms with van der Waals surface area (Å²) in [5, 5.41) is 1.41. The molecule has 0 saturated carbocycles. The van der Waals surface area contributed by atoms with E-state index in [1.807, 2.05) is 6.92 Å². The first-order valence-corrected chi connectivity index (χ1v) is 11.7. The summed E-state index contributed by atoms with van der Waals surface area (Å²) in [6, 6.07) is -0.543. The van der Waals surface area contributed by atoms with E-state index >= 15 is 0 Å². The molecule has 0 N–H and O–H groups in total. The third-order valence-corrected chi connectivity index (χ3v) is 5.24. The monoisotopic (exact) mass is 411 g/mol. The standard InChI is InChI=1S/C24H45NO4/c1-5-7-8-9-10-11-12-13-14-15-16-17-18-19-20-21-23(26)29-24(27)22(6-2)25(3)28-4/h13-14,22H,5-12,15-21H2,1-4H3/b14-13-. The lowest BCUT2D eigenvalue weighted by Crippen LogP contribution is -2.39. The van der Waals surface area contributed by atoms with E-state index in [0.717, 1.165) is 25.7 Å². The Hall–Kier alpha value is -1.20. The molecule has 0 aromatic carbocycles. The molecule has 0 radical (unpaired) electrons. The van der Waals surface area contributed by atoms with Crippen LogP contribution in [0, 0.1) is 0 Å². The molecule has 1 atom stereocenters. The van der Waals surface area contributed by atoms with Gasteiger partial charge in [-0.1, -0.05) is 77.4 Å². The van der Waals surface area contributed by atoms with Gasteiger partial charge in [0.1, 0.15) is 6.04 Å². The SMILES string of the molecule is CCCCCCCC/C=C\CCCCCCCC(=O)OC(=O)C(CC)N(C)OC. The van der Waals surface area contributed by atoms with Gasteiger partial charge < -0.3 is 9.57 Å². The van der Waals surface area contributed by atoms with Gasteiger partial charge in [-0.25, -0.2) is 4.79 Å². The second-order valence-corrected chi connectivity index (χ2v) is 7.78. The smallest absolute Gasteiger partial charge is 0.333 e. The molecule has 0 aliphatic carbocycles. The molecule has 0 saturated heterocycles. The number of hydrogen-bond donors (Lipinski definition) is 0. The molecule has 5 nitrogen and oxygen atoms in total. The fourth-order valence-corrected chi connectivity index (χ4v) is 3.27. The minimum absolute atomic E-state index is 0.303. The number of likely N-dealkylation sites (N-methyl/N-ethyl adjacent to an activating group) is 1. The highest BCUT2D eigenvalue weighted by Crippen LogP contribution is 2.11. The van der Waals surface area contributed by atoms with Gasteiger partial charge in [0.2, 0.25) is 0 Å². The van der Waals surface area contributed by atoms with Gasteiger partial charge in [0.15, 0.2) is 0 Å². The highest BCUT2D eigenvalue weighted by Gasteiger charge is 2.25. The fraction of sp³-hybridized carbons (Fsp3) is 0.833. The van der Waals surface area contributed by atoms with E-state index in [9.17, 15) is 9.59 Å². The number of carbonyl (C=O) groups is 2. The number of carbonyl (C=O) groups excluding carboxylic acids is 2. The van der Waals surface area contributed by atoms with E-state index in [1.165, 1.54) is 70.0 Å². The molecule has 0 fully saturated rings. The van der Waals surface area contributed by atoms with Crippen molar-refractivity contribution in [1.82, 2.24) is 5.06 Å². The van der Waals surface area contributed by atoms with Gasteiger partial charge in [0, 0.05) is 13.5 Å². The molecule has 0 aromatic rings. The third-order valence-electron chi connectivity index (χ3n) is 5.24. The maximum Gasteiger partial charge on any atom is 0.333 e. The van der Waals surface area contributed by atoms with Crippen molar-refractivity contribution in [3.05, 3.63) is 12.2 Å². The second kappa shape index (κ2) is 20.1. The number of nitrogens with zero attached hydrogens (tertiary/aromatic N) is 1. The molecule has 0 aromatic heterocycles. The number of hydroxylamine groups is 2. The van der Waals surface area contributed by atoms with E-state index in [1.54, 1.807) is 7.05 Å². The lowest BCUT2D eigenvalue weighted by atomic mass is 10.1. The Morgan fingerprint density at radius 1 is 0.828 bits per heavy atom. The van der Waals surface area contributed by atoms with E-state index in [2.05, 4.69) is 19.1 Å². The van der Waals surface area contributed by atoms with Crippen molar-refractivity contribution in [1.29, 1.82) is 0 Å². The maximum atomic E-state index is 12.0. The molecule has 0 spiro atoms. The minimum Gasteiger partial charge on any atom is -0.392 e. The number of ether oxygens (including phenoxy) is 1. The van der Waals surface area contributed by atoms with Crippen molar-refractivity contribution >= 4 is 11.9 Å². The molecule has 170 valence electrons. The maximum absolute atomic E-state index is 12.0. The zero-order chi connectivity index (χ0) is 21.7. The van der Waals surface area contributed by atoms with E-state index < -0.39 is 18.0 Å². The minimum atomic E-state index is -0.543.